The maximum absolute atomic E-state index is 5.97. The summed E-state index contributed by atoms with van der Waals surface area (Å²) in [6, 6.07) is 6.35. The Morgan fingerprint density at radius 2 is 2.05 bits per heavy atom. The molecule has 1 aromatic heterocycles. The van der Waals surface area contributed by atoms with Crippen LogP contribution in [0.4, 0.5) is 5.69 Å². The maximum Gasteiger partial charge on any atom is 0.182 e. The van der Waals surface area contributed by atoms with E-state index in [2.05, 4.69) is 35.4 Å². The van der Waals surface area contributed by atoms with Crippen molar-refractivity contribution in [2.24, 2.45) is 5.41 Å². The molecule has 1 fully saturated rings. The molecule has 1 aromatic carbocycles. The molecule has 1 aliphatic rings. The molecule has 3 rings (SSSR count). The molecular weight excluding hydrogens is 262 g/mol. The second-order valence-corrected chi connectivity index (χ2v) is 6.83. The summed E-state index contributed by atoms with van der Waals surface area (Å²) in [5.74, 6) is 0.824. The van der Waals surface area contributed by atoms with Gasteiger partial charge in [-0.05, 0) is 59.4 Å². The first kappa shape index (κ1) is 14.0. The van der Waals surface area contributed by atoms with Crippen LogP contribution in [0.3, 0.4) is 0 Å². The van der Waals surface area contributed by atoms with Crippen LogP contribution in [0.5, 0.6) is 0 Å². The average molecular weight is 285 g/mol. The van der Waals surface area contributed by atoms with Crippen LogP contribution in [-0.2, 0) is 0 Å². The number of nitrogens with two attached hydrogens (primary N) is 1. The lowest BCUT2D eigenvalue weighted by molar-refractivity contribution is 0.132. The fourth-order valence-electron chi connectivity index (χ4n) is 3.46. The first-order valence-corrected chi connectivity index (χ1v) is 7.63. The number of hydrogen-bond donors (Lipinski definition) is 1. The topological polar surface area (TPSA) is 69.6 Å². The Kier molecular flexibility index (Phi) is 3.43. The molecule has 2 aromatic rings. The van der Waals surface area contributed by atoms with Crippen molar-refractivity contribution in [2.45, 2.75) is 52.5 Å². The number of anilines is 1. The molecule has 2 N–H and O–H groups in total. The van der Waals surface area contributed by atoms with Crippen LogP contribution in [-0.4, -0.2) is 20.2 Å². The predicted molar refractivity (Wildman–Crippen MR) is 83.7 cm³/mol. The van der Waals surface area contributed by atoms with Gasteiger partial charge in [0.05, 0.1) is 6.04 Å². The van der Waals surface area contributed by atoms with Gasteiger partial charge in [-0.15, -0.1) is 5.10 Å². The van der Waals surface area contributed by atoms with Gasteiger partial charge in [0.1, 0.15) is 0 Å². The third-order valence-electron chi connectivity index (χ3n) is 4.60. The average Bonchev–Trinajstić information content (AvgIpc) is 2.86. The maximum atomic E-state index is 5.97. The molecule has 1 saturated carbocycles. The normalized spacial score (nSPS) is 21.4. The number of tetrazole rings is 1. The van der Waals surface area contributed by atoms with Gasteiger partial charge in [-0.2, -0.15) is 0 Å². The van der Waals surface area contributed by atoms with E-state index in [0.29, 0.717) is 6.04 Å². The van der Waals surface area contributed by atoms with E-state index in [9.17, 15) is 0 Å². The second-order valence-electron chi connectivity index (χ2n) is 6.83. The largest absolute Gasteiger partial charge is 0.399 e. The van der Waals surface area contributed by atoms with Crippen molar-refractivity contribution in [3.05, 3.63) is 23.8 Å². The first-order valence-electron chi connectivity index (χ1n) is 7.63. The summed E-state index contributed by atoms with van der Waals surface area (Å²) in [6.45, 7) is 6.67. The molecule has 21 heavy (non-hydrogen) atoms. The molecule has 1 aliphatic carbocycles. The first-order chi connectivity index (χ1) is 9.97. The fourth-order valence-corrected chi connectivity index (χ4v) is 3.46. The SMILES string of the molecule is Cc1cc(N)cc(-c2nnnn2C2CCCCC2(C)C)c1. The van der Waals surface area contributed by atoms with E-state index in [4.69, 9.17) is 5.73 Å². The van der Waals surface area contributed by atoms with Gasteiger partial charge in [0.15, 0.2) is 5.82 Å². The summed E-state index contributed by atoms with van der Waals surface area (Å²) in [7, 11) is 0. The van der Waals surface area contributed by atoms with E-state index >= 15 is 0 Å². The summed E-state index contributed by atoms with van der Waals surface area (Å²) in [4.78, 5) is 0. The Bertz CT molecular complexity index is 624. The Morgan fingerprint density at radius 3 is 2.76 bits per heavy atom. The highest BCUT2D eigenvalue weighted by molar-refractivity contribution is 5.62. The molecule has 0 amide bonds. The van der Waals surface area contributed by atoms with Gasteiger partial charge in [0.2, 0.25) is 0 Å². The predicted octanol–water partition coefficient (Wildman–Crippen LogP) is 3.37. The van der Waals surface area contributed by atoms with E-state index in [0.717, 1.165) is 29.1 Å². The zero-order valence-electron chi connectivity index (χ0n) is 13.0. The molecule has 5 nitrogen and oxygen atoms in total. The van der Waals surface area contributed by atoms with E-state index in [1.54, 1.807) is 0 Å². The lowest BCUT2D eigenvalue weighted by Gasteiger charge is -2.38. The van der Waals surface area contributed by atoms with Crippen LogP contribution in [0.2, 0.25) is 0 Å². The fraction of sp³-hybridized carbons (Fsp3) is 0.562. The molecule has 1 atom stereocenters. The van der Waals surface area contributed by atoms with Crippen molar-refractivity contribution in [3.63, 3.8) is 0 Å². The molecule has 0 bridgehead atoms. The van der Waals surface area contributed by atoms with Gasteiger partial charge in [-0.1, -0.05) is 26.7 Å². The number of hydrogen-bond acceptors (Lipinski definition) is 4. The number of rotatable bonds is 2. The molecule has 0 saturated heterocycles. The number of benzene rings is 1. The number of nitrogens with zero attached hydrogens (tertiary/aromatic N) is 4. The molecule has 0 spiro atoms. The smallest absolute Gasteiger partial charge is 0.182 e. The Balaban J connectivity index is 2.04. The van der Waals surface area contributed by atoms with Crippen LogP contribution in [0.1, 0.15) is 51.1 Å². The highest BCUT2D eigenvalue weighted by Gasteiger charge is 2.35. The quantitative estimate of drug-likeness (QED) is 0.859. The summed E-state index contributed by atoms with van der Waals surface area (Å²) < 4.78 is 2.01. The number of aromatic nitrogens is 4. The number of aryl methyl sites for hydroxylation is 1. The Morgan fingerprint density at radius 1 is 1.24 bits per heavy atom. The van der Waals surface area contributed by atoms with Gasteiger partial charge in [-0.25, -0.2) is 4.68 Å². The van der Waals surface area contributed by atoms with Crippen LogP contribution in [0, 0.1) is 12.3 Å². The monoisotopic (exact) mass is 285 g/mol. The van der Waals surface area contributed by atoms with Crippen molar-refractivity contribution in [1.29, 1.82) is 0 Å². The van der Waals surface area contributed by atoms with Gasteiger partial charge in [0.25, 0.3) is 0 Å². The van der Waals surface area contributed by atoms with E-state index in [-0.39, 0.29) is 5.41 Å². The molecule has 5 heteroatoms. The van der Waals surface area contributed by atoms with Crippen molar-refractivity contribution in [3.8, 4) is 11.4 Å². The molecule has 1 heterocycles. The third kappa shape index (κ3) is 2.64. The number of nitrogen functional groups attached to an aromatic ring is 1. The summed E-state index contributed by atoms with van der Waals surface area (Å²) in [5.41, 5.74) is 9.07. The van der Waals surface area contributed by atoms with Crippen LogP contribution >= 0.6 is 0 Å². The minimum absolute atomic E-state index is 0.220. The lowest BCUT2D eigenvalue weighted by Crippen LogP contribution is -2.31. The van der Waals surface area contributed by atoms with Gasteiger partial charge >= 0.3 is 0 Å². The molecular formula is C16H23N5. The lowest BCUT2D eigenvalue weighted by atomic mass is 9.73. The highest BCUT2D eigenvalue weighted by Crippen LogP contribution is 2.44. The van der Waals surface area contributed by atoms with Crippen LogP contribution in [0.15, 0.2) is 18.2 Å². The Labute approximate surface area is 125 Å². The van der Waals surface area contributed by atoms with E-state index in [1.165, 1.54) is 19.3 Å². The summed E-state index contributed by atoms with van der Waals surface area (Å²) >= 11 is 0. The second kappa shape index (κ2) is 5.13. The van der Waals surface area contributed by atoms with Crippen LogP contribution < -0.4 is 5.73 Å². The molecule has 0 radical (unpaired) electrons. The van der Waals surface area contributed by atoms with Crippen molar-refractivity contribution >= 4 is 5.69 Å². The highest BCUT2D eigenvalue weighted by atomic mass is 15.6. The summed E-state index contributed by atoms with van der Waals surface area (Å²) in [6.07, 6.45) is 4.88. The zero-order valence-corrected chi connectivity index (χ0v) is 13.0. The molecule has 0 aliphatic heterocycles. The standard InChI is InChI=1S/C16H23N5/c1-11-8-12(10-13(17)9-11)15-18-19-20-21(15)14-6-4-5-7-16(14,2)3/h8-10,14H,4-7,17H2,1-3H3. The van der Waals surface area contributed by atoms with Crippen LogP contribution in [0.25, 0.3) is 11.4 Å². The third-order valence-corrected chi connectivity index (χ3v) is 4.60. The van der Waals surface area contributed by atoms with Gasteiger partial charge in [-0.3, -0.25) is 0 Å². The minimum atomic E-state index is 0.220. The van der Waals surface area contributed by atoms with Crippen molar-refractivity contribution in [1.82, 2.24) is 20.2 Å². The molecule has 112 valence electrons. The van der Waals surface area contributed by atoms with E-state index in [1.807, 2.05) is 23.7 Å². The zero-order chi connectivity index (χ0) is 15.0. The van der Waals surface area contributed by atoms with Gasteiger partial charge in [0, 0.05) is 11.3 Å². The minimum Gasteiger partial charge on any atom is -0.399 e. The summed E-state index contributed by atoms with van der Waals surface area (Å²) in [5, 5.41) is 12.5. The van der Waals surface area contributed by atoms with Gasteiger partial charge < -0.3 is 5.73 Å². The Hall–Kier alpha value is -1.91. The van der Waals surface area contributed by atoms with Crippen molar-refractivity contribution in [2.75, 3.05) is 5.73 Å². The van der Waals surface area contributed by atoms with Crippen molar-refractivity contribution < 1.29 is 0 Å². The van der Waals surface area contributed by atoms with E-state index < -0.39 is 0 Å². The molecule has 1 unspecified atom stereocenters.